The number of nitriles is 1. The number of rotatable bonds is 4. The van der Waals surface area contributed by atoms with Gasteiger partial charge in [0.1, 0.15) is 23.2 Å². The van der Waals surface area contributed by atoms with Crippen molar-refractivity contribution in [3.05, 3.63) is 11.3 Å². The van der Waals surface area contributed by atoms with E-state index in [1.165, 1.54) is 11.5 Å². The summed E-state index contributed by atoms with van der Waals surface area (Å²) >= 11 is 1.17. The molecular formula is C9H11N3O2S. The van der Waals surface area contributed by atoms with Crippen molar-refractivity contribution in [2.75, 3.05) is 18.5 Å². The van der Waals surface area contributed by atoms with Crippen molar-refractivity contribution in [1.29, 1.82) is 5.26 Å². The quantitative estimate of drug-likeness (QED) is 0.782. The predicted octanol–water partition coefficient (Wildman–Crippen LogP) is 1.30. The maximum atomic E-state index is 11.0. The third-order valence-electron chi connectivity index (χ3n) is 1.67. The number of nitrogens with one attached hydrogen (secondary N) is 1. The number of anilines is 1. The largest absolute Gasteiger partial charge is 0.465 e. The molecule has 1 aromatic rings. The molecule has 5 nitrogen and oxygen atoms in total. The second-order valence-electron chi connectivity index (χ2n) is 2.74. The summed E-state index contributed by atoms with van der Waals surface area (Å²) in [5, 5.41) is 12.3. The second-order valence-corrected chi connectivity index (χ2v) is 3.52. The zero-order valence-corrected chi connectivity index (χ0v) is 9.35. The third kappa shape index (κ3) is 2.92. The smallest absolute Gasteiger partial charge is 0.325 e. The molecular weight excluding hydrogens is 214 g/mol. The van der Waals surface area contributed by atoms with Crippen LogP contribution in [-0.4, -0.2) is 23.5 Å². The summed E-state index contributed by atoms with van der Waals surface area (Å²) < 4.78 is 8.76. The van der Waals surface area contributed by atoms with Crippen LogP contribution in [0.3, 0.4) is 0 Å². The highest BCUT2D eigenvalue weighted by atomic mass is 32.1. The molecule has 6 heteroatoms. The molecule has 0 aliphatic rings. The SMILES string of the molecule is CCOC(=O)CNc1snc(C)c1C#N. The Morgan fingerprint density at radius 1 is 1.73 bits per heavy atom. The topological polar surface area (TPSA) is 75.0 Å². The van der Waals surface area contributed by atoms with Gasteiger partial charge in [-0.25, -0.2) is 0 Å². The molecule has 0 aliphatic carbocycles. The van der Waals surface area contributed by atoms with Gasteiger partial charge in [0.05, 0.1) is 12.3 Å². The van der Waals surface area contributed by atoms with Gasteiger partial charge in [0.15, 0.2) is 0 Å². The molecule has 0 spiro atoms. The Balaban J connectivity index is 2.58. The number of carbonyl (C=O) groups excluding carboxylic acids is 1. The van der Waals surface area contributed by atoms with Crippen LogP contribution in [0, 0.1) is 18.3 Å². The lowest BCUT2D eigenvalue weighted by Gasteiger charge is -2.02. The summed E-state index contributed by atoms with van der Waals surface area (Å²) in [6.07, 6.45) is 0. The van der Waals surface area contributed by atoms with Crippen molar-refractivity contribution in [1.82, 2.24) is 4.37 Å². The van der Waals surface area contributed by atoms with Crippen LogP contribution in [0.5, 0.6) is 0 Å². The summed E-state index contributed by atoms with van der Waals surface area (Å²) in [7, 11) is 0. The molecule has 0 atom stereocenters. The zero-order valence-electron chi connectivity index (χ0n) is 8.53. The lowest BCUT2D eigenvalue weighted by molar-refractivity contribution is -0.140. The second kappa shape index (κ2) is 5.32. The average Bonchev–Trinajstić information content (AvgIpc) is 2.56. The van der Waals surface area contributed by atoms with Gasteiger partial charge >= 0.3 is 5.97 Å². The van der Waals surface area contributed by atoms with Crippen LogP contribution in [0.2, 0.25) is 0 Å². The molecule has 0 aliphatic heterocycles. The lowest BCUT2D eigenvalue weighted by atomic mass is 10.3. The lowest BCUT2D eigenvalue weighted by Crippen LogP contribution is -2.16. The van der Waals surface area contributed by atoms with E-state index in [4.69, 9.17) is 10.00 Å². The fourth-order valence-corrected chi connectivity index (χ4v) is 1.73. The molecule has 1 rings (SSSR count). The number of esters is 1. The molecule has 0 amide bonds. The number of aryl methyl sites for hydroxylation is 1. The summed E-state index contributed by atoms with van der Waals surface area (Å²) in [6, 6.07) is 2.03. The molecule has 1 aromatic heterocycles. The first-order chi connectivity index (χ1) is 7.19. The third-order valence-corrected chi connectivity index (χ3v) is 2.57. The van der Waals surface area contributed by atoms with Gasteiger partial charge in [-0.3, -0.25) is 4.79 Å². The molecule has 0 saturated carbocycles. The van der Waals surface area contributed by atoms with E-state index in [9.17, 15) is 4.79 Å². The molecule has 0 saturated heterocycles. The van der Waals surface area contributed by atoms with E-state index in [-0.39, 0.29) is 12.5 Å². The van der Waals surface area contributed by atoms with E-state index in [1.807, 2.05) is 6.07 Å². The number of aromatic nitrogens is 1. The van der Waals surface area contributed by atoms with Gasteiger partial charge in [0.2, 0.25) is 0 Å². The highest BCUT2D eigenvalue weighted by molar-refractivity contribution is 7.10. The fraction of sp³-hybridized carbons (Fsp3) is 0.444. The number of nitrogens with zero attached hydrogens (tertiary/aromatic N) is 2. The first kappa shape index (κ1) is 11.5. The summed E-state index contributed by atoms with van der Waals surface area (Å²) in [5.74, 6) is -0.340. The number of ether oxygens (including phenoxy) is 1. The Kier molecular flexibility index (Phi) is 4.06. The summed E-state index contributed by atoms with van der Waals surface area (Å²) in [6.45, 7) is 3.91. The Hall–Kier alpha value is -1.61. The fourth-order valence-electron chi connectivity index (χ4n) is 0.987. The van der Waals surface area contributed by atoms with Crippen LogP contribution >= 0.6 is 11.5 Å². The molecule has 15 heavy (non-hydrogen) atoms. The van der Waals surface area contributed by atoms with E-state index < -0.39 is 0 Å². The van der Waals surface area contributed by atoms with E-state index >= 15 is 0 Å². The molecule has 80 valence electrons. The molecule has 0 aromatic carbocycles. The van der Waals surface area contributed by atoms with E-state index in [0.29, 0.717) is 22.9 Å². The highest BCUT2D eigenvalue weighted by Crippen LogP contribution is 2.22. The van der Waals surface area contributed by atoms with Gasteiger partial charge < -0.3 is 10.1 Å². The van der Waals surface area contributed by atoms with Crippen molar-refractivity contribution in [2.45, 2.75) is 13.8 Å². The van der Waals surface area contributed by atoms with Crippen molar-refractivity contribution in [3.63, 3.8) is 0 Å². The van der Waals surface area contributed by atoms with Crippen molar-refractivity contribution in [2.24, 2.45) is 0 Å². The zero-order chi connectivity index (χ0) is 11.3. The van der Waals surface area contributed by atoms with Crippen molar-refractivity contribution in [3.8, 4) is 6.07 Å². The average molecular weight is 225 g/mol. The van der Waals surface area contributed by atoms with Crippen LogP contribution in [0.15, 0.2) is 0 Å². The molecule has 0 unspecified atom stereocenters. The molecule has 0 bridgehead atoms. The first-order valence-corrected chi connectivity index (χ1v) is 5.22. The Morgan fingerprint density at radius 3 is 3.07 bits per heavy atom. The summed E-state index contributed by atoms with van der Waals surface area (Å²) in [4.78, 5) is 11.0. The minimum absolute atomic E-state index is 0.0597. The van der Waals surface area contributed by atoms with Crippen LogP contribution in [0.25, 0.3) is 0 Å². The number of hydrogen-bond donors (Lipinski definition) is 1. The maximum absolute atomic E-state index is 11.0. The molecule has 0 radical (unpaired) electrons. The molecule has 0 fully saturated rings. The normalized spacial score (nSPS) is 9.40. The van der Waals surface area contributed by atoms with Crippen LogP contribution in [-0.2, 0) is 9.53 Å². The van der Waals surface area contributed by atoms with E-state index in [2.05, 4.69) is 9.69 Å². The van der Waals surface area contributed by atoms with Crippen LogP contribution < -0.4 is 5.32 Å². The first-order valence-electron chi connectivity index (χ1n) is 4.45. The minimum atomic E-state index is -0.340. The molecule has 1 heterocycles. The highest BCUT2D eigenvalue weighted by Gasteiger charge is 2.10. The van der Waals surface area contributed by atoms with Gasteiger partial charge in [-0.2, -0.15) is 9.64 Å². The Morgan fingerprint density at radius 2 is 2.47 bits per heavy atom. The van der Waals surface area contributed by atoms with Gasteiger partial charge in [-0.1, -0.05) is 0 Å². The van der Waals surface area contributed by atoms with Gasteiger partial charge in [-0.15, -0.1) is 0 Å². The van der Waals surface area contributed by atoms with Crippen molar-refractivity contribution < 1.29 is 9.53 Å². The van der Waals surface area contributed by atoms with Crippen LogP contribution in [0.1, 0.15) is 18.2 Å². The Bertz CT molecular complexity index is 395. The number of carbonyl (C=O) groups is 1. The van der Waals surface area contributed by atoms with Crippen LogP contribution in [0.4, 0.5) is 5.00 Å². The predicted molar refractivity (Wildman–Crippen MR) is 56.7 cm³/mol. The van der Waals surface area contributed by atoms with Gasteiger partial charge in [-0.05, 0) is 25.4 Å². The standard InChI is InChI=1S/C9H11N3O2S/c1-3-14-8(13)5-11-9-7(4-10)6(2)12-15-9/h11H,3,5H2,1-2H3. The van der Waals surface area contributed by atoms with Crippen molar-refractivity contribution >= 4 is 22.5 Å². The number of hydrogen-bond acceptors (Lipinski definition) is 6. The molecule has 1 N–H and O–H groups in total. The summed E-state index contributed by atoms with van der Waals surface area (Å²) in [5.41, 5.74) is 1.16. The minimum Gasteiger partial charge on any atom is -0.465 e. The maximum Gasteiger partial charge on any atom is 0.325 e. The van der Waals surface area contributed by atoms with E-state index in [0.717, 1.165) is 0 Å². The Labute approximate surface area is 91.8 Å². The monoisotopic (exact) mass is 225 g/mol. The van der Waals surface area contributed by atoms with E-state index in [1.54, 1.807) is 13.8 Å². The van der Waals surface area contributed by atoms with Gasteiger partial charge in [0, 0.05) is 0 Å². The van der Waals surface area contributed by atoms with Gasteiger partial charge in [0.25, 0.3) is 0 Å².